The van der Waals surface area contributed by atoms with E-state index in [1.165, 1.54) is 41.3 Å². The van der Waals surface area contributed by atoms with E-state index in [0.29, 0.717) is 22.6 Å². The second-order valence-electron chi connectivity index (χ2n) is 7.96. The van der Waals surface area contributed by atoms with Gasteiger partial charge in [-0.3, -0.25) is 14.6 Å². The molecular formula is C26H17Cl2FN6O3. The maximum atomic E-state index is 13.3. The molecule has 0 aliphatic carbocycles. The molecule has 2 amide bonds. The van der Waals surface area contributed by atoms with Crippen LogP contribution in [0.4, 0.5) is 10.2 Å². The van der Waals surface area contributed by atoms with Crippen LogP contribution in [0.3, 0.4) is 0 Å². The molecule has 12 heteroatoms. The lowest BCUT2D eigenvalue weighted by molar-refractivity contribution is 0.0943. The van der Waals surface area contributed by atoms with Crippen LogP contribution in [-0.2, 0) is 6.54 Å². The summed E-state index contributed by atoms with van der Waals surface area (Å²) in [6.07, 6.45) is 2.45. The van der Waals surface area contributed by atoms with E-state index in [-0.39, 0.29) is 33.7 Å². The smallest absolute Gasteiger partial charge is 0.272 e. The molecular weight excluding hydrogens is 534 g/mol. The van der Waals surface area contributed by atoms with Crippen LogP contribution in [0.2, 0.25) is 10.0 Å². The molecule has 0 atom stereocenters. The van der Waals surface area contributed by atoms with Crippen molar-refractivity contribution in [1.29, 1.82) is 0 Å². The van der Waals surface area contributed by atoms with Crippen LogP contribution in [0.5, 0.6) is 0 Å². The van der Waals surface area contributed by atoms with E-state index in [9.17, 15) is 14.0 Å². The number of anilines is 1. The lowest BCUT2D eigenvalue weighted by Gasteiger charge is -2.12. The Balaban J connectivity index is 1.46. The highest BCUT2D eigenvalue weighted by Crippen LogP contribution is 2.32. The van der Waals surface area contributed by atoms with E-state index >= 15 is 0 Å². The van der Waals surface area contributed by atoms with E-state index in [0.717, 1.165) is 6.20 Å². The predicted octanol–water partition coefficient (Wildman–Crippen LogP) is 5.55. The average molecular weight is 551 g/mol. The molecule has 5 rings (SSSR count). The highest BCUT2D eigenvalue weighted by molar-refractivity contribution is 6.38. The van der Waals surface area contributed by atoms with Gasteiger partial charge in [-0.25, -0.2) is 9.07 Å². The summed E-state index contributed by atoms with van der Waals surface area (Å²) in [5, 5.41) is 13.9. The normalized spacial score (nSPS) is 10.8. The maximum absolute atomic E-state index is 13.3. The molecule has 0 aliphatic rings. The molecule has 0 fully saturated rings. The van der Waals surface area contributed by atoms with E-state index in [2.05, 4.69) is 25.9 Å². The Morgan fingerprint density at radius 1 is 0.974 bits per heavy atom. The van der Waals surface area contributed by atoms with Crippen molar-refractivity contribution in [3.05, 3.63) is 112 Å². The Labute approximate surface area is 225 Å². The van der Waals surface area contributed by atoms with Crippen molar-refractivity contribution < 1.29 is 18.5 Å². The van der Waals surface area contributed by atoms with Gasteiger partial charge < -0.3 is 15.2 Å². The maximum Gasteiger partial charge on any atom is 0.272 e. The summed E-state index contributed by atoms with van der Waals surface area (Å²) in [6.45, 7) is 0.135. The Morgan fingerprint density at radius 3 is 2.50 bits per heavy atom. The van der Waals surface area contributed by atoms with Crippen LogP contribution in [0, 0.1) is 5.82 Å². The molecule has 0 saturated heterocycles. The number of hydrogen-bond donors (Lipinski definition) is 2. The summed E-state index contributed by atoms with van der Waals surface area (Å²) in [6, 6.07) is 17.6. The zero-order chi connectivity index (χ0) is 26.6. The van der Waals surface area contributed by atoms with Crippen LogP contribution in [0.15, 0.2) is 83.7 Å². The standard InChI is InChI=1S/C26H17Cl2FN6O3/c27-20-11-21(28)19(10-18(20)22-7-6-15(29)13-30-22)25(36)32-24-12-23(26(37)31-14-16-8-9-38-34-16)33-35(24)17-4-2-1-3-5-17/h1-13H,14H2,(H,31,37)(H,32,36). The Hall–Kier alpha value is -4.54. The minimum absolute atomic E-state index is 0.0612. The van der Waals surface area contributed by atoms with Crippen molar-refractivity contribution >= 4 is 40.8 Å². The van der Waals surface area contributed by atoms with Gasteiger partial charge in [-0.05, 0) is 36.4 Å². The monoisotopic (exact) mass is 550 g/mol. The van der Waals surface area contributed by atoms with Gasteiger partial charge in [0, 0.05) is 17.7 Å². The minimum atomic E-state index is -0.582. The van der Waals surface area contributed by atoms with Gasteiger partial charge in [0.1, 0.15) is 23.6 Å². The SMILES string of the molecule is O=C(NCc1ccon1)c1cc(NC(=O)c2cc(-c3ccc(F)cn3)c(Cl)cc2Cl)n(-c2ccccc2)n1. The molecule has 3 heterocycles. The molecule has 3 aromatic heterocycles. The van der Waals surface area contributed by atoms with E-state index in [4.69, 9.17) is 27.7 Å². The minimum Gasteiger partial charge on any atom is -0.364 e. The summed E-state index contributed by atoms with van der Waals surface area (Å²) in [7, 11) is 0. The second-order valence-corrected chi connectivity index (χ2v) is 8.78. The third-order valence-electron chi connectivity index (χ3n) is 5.41. The number of hydrogen-bond acceptors (Lipinski definition) is 6. The number of nitrogens with zero attached hydrogens (tertiary/aromatic N) is 4. The second kappa shape index (κ2) is 10.8. The lowest BCUT2D eigenvalue weighted by atomic mass is 10.1. The number of pyridine rings is 1. The van der Waals surface area contributed by atoms with E-state index < -0.39 is 17.6 Å². The topological polar surface area (TPSA) is 115 Å². The first kappa shape index (κ1) is 25.1. The zero-order valence-electron chi connectivity index (χ0n) is 19.4. The number of nitrogens with one attached hydrogen (secondary N) is 2. The van der Waals surface area contributed by atoms with Gasteiger partial charge in [0.2, 0.25) is 0 Å². The fourth-order valence-corrected chi connectivity index (χ4v) is 4.14. The molecule has 2 aromatic carbocycles. The molecule has 0 saturated carbocycles. The summed E-state index contributed by atoms with van der Waals surface area (Å²) in [4.78, 5) is 30.2. The van der Waals surface area contributed by atoms with Gasteiger partial charge in [-0.15, -0.1) is 0 Å². The number of halogens is 3. The molecule has 0 aliphatic heterocycles. The van der Waals surface area contributed by atoms with Crippen molar-refractivity contribution in [2.75, 3.05) is 5.32 Å². The van der Waals surface area contributed by atoms with E-state index in [1.54, 1.807) is 30.3 Å². The predicted molar refractivity (Wildman–Crippen MR) is 139 cm³/mol. The first-order chi connectivity index (χ1) is 18.4. The number of aromatic nitrogens is 4. The molecule has 38 heavy (non-hydrogen) atoms. The third-order valence-corrected chi connectivity index (χ3v) is 6.04. The van der Waals surface area contributed by atoms with Gasteiger partial charge in [0.25, 0.3) is 11.8 Å². The zero-order valence-corrected chi connectivity index (χ0v) is 20.9. The summed E-state index contributed by atoms with van der Waals surface area (Å²) < 4.78 is 19.5. The number of rotatable bonds is 7. The number of carbonyl (C=O) groups is 2. The lowest BCUT2D eigenvalue weighted by Crippen LogP contribution is -2.23. The number of carbonyl (C=O) groups excluding carboxylic acids is 2. The van der Waals surface area contributed by atoms with Gasteiger partial charge in [-0.1, -0.05) is 46.6 Å². The molecule has 5 aromatic rings. The molecule has 0 unspecified atom stereocenters. The van der Waals surface area contributed by atoms with Crippen molar-refractivity contribution in [2.24, 2.45) is 0 Å². The summed E-state index contributed by atoms with van der Waals surface area (Å²) in [5.74, 6) is -1.35. The van der Waals surface area contributed by atoms with Crippen LogP contribution in [0.25, 0.3) is 16.9 Å². The number of benzene rings is 2. The van der Waals surface area contributed by atoms with E-state index in [1.807, 2.05) is 6.07 Å². The molecule has 0 radical (unpaired) electrons. The quantitative estimate of drug-likeness (QED) is 0.274. The van der Waals surface area contributed by atoms with Crippen molar-refractivity contribution in [2.45, 2.75) is 6.54 Å². The highest BCUT2D eigenvalue weighted by Gasteiger charge is 2.21. The Kier molecular flexibility index (Phi) is 7.16. The third kappa shape index (κ3) is 5.41. The Bertz CT molecular complexity index is 1610. The molecule has 9 nitrogen and oxygen atoms in total. The van der Waals surface area contributed by atoms with Crippen LogP contribution in [-0.4, -0.2) is 31.7 Å². The van der Waals surface area contributed by atoms with Crippen molar-refractivity contribution in [1.82, 2.24) is 25.2 Å². The number of amides is 2. The average Bonchev–Trinajstić information content (AvgIpc) is 3.59. The van der Waals surface area contributed by atoms with Crippen molar-refractivity contribution in [3.63, 3.8) is 0 Å². The molecule has 190 valence electrons. The van der Waals surface area contributed by atoms with Gasteiger partial charge in [-0.2, -0.15) is 5.10 Å². The molecule has 2 N–H and O–H groups in total. The Morgan fingerprint density at radius 2 is 1.79 bits per heavy atom. The fourth-order valence-electron chi connectivity index (χ4n) is 3.58. The van der Waals surface area contributed by atoms with Gasteiger partial charge in [0.05, 0.1) is 39.7 Å². The van der Waals surface area contributed by atoms with Gasteiger partial charge >= 0.3 is 0 Å². The first-order valence-electron chi connectivity index (χ1n) is 11.1. The number of para-hydroxylation sites is 1. The van der Waals surface area contributed by atoms with Gasteiger partial charge in [0.15, 0.2) is 5.69 Å². The highest BCUT2D eigenvalue weighted by atomic mass is 35.5. The van der Waals surface area contributed by atoms with Crippen molar-refractivity contribution in [3.8, 4) is 16.9 Å². The largest absolute Gasteiger partial charge is 0.364 e. The summed E-state index contributed by atoms with van der Waals surface area (Å²) in [5.41, 5.74) is 2.06. The van der Waals surface area contributed by atoms with Crippen LogP contribution >= 0.6 is 23.2 Å². The first-order valence-corrected chi connectivity index (χ1v) is 11.9. The van der Waals surface area contributed by atoms with Crippen LogP contribution < -0.4 is 10.6 Å². The molecule has 0 spiro atoms. The summed E-state index contributed by atoms with van der Waals surface area (Å²) >= 11 is 12.7. The fraction of sp³-hybridized carbons (Fsp3) is 0.0385. The van der Waals surface area contributed by atoms with Crippen LogP contribution in [0.1, 0.15) is 26.5 Å². The molecule has 0 bridgehead atoms.